The minimum absolute atomic E-state index is 0.108. The largest absolute Gasteiger partial charge is 0.386 e. The molecule has 9 heteroatoms. The van der Waals surface area contributed by atoms with Crippen LogP contribution in [0.1, 0.15) is 17.2 Å². The Hall–Kier alpha value is -3.72. The highest BCUT2D eigenvalue weighted by atomic mass is 16.6. The second kappa shape index (κ2) is 8.11. The molecule has 1 aromatic heterocycles. The Labute approximate surface area is 166 Å². The lowest BCUT2D eigenvalue weighted by molar-refractivity contribution is -0.384. The van der Waals surface area contributed by atoms with Gasteiger partial charge in [-0.25, -0.2) is 0 Å². The number of carbonyl (C=O) groups is 2. The molecule has 2 aromatic carbocycles. The maximum atomic E-state index is 12.1. The van der Waals surface area contributed by atoms with Crippen molar-refractivity contribution in [2.75, 3.05) is 11.9 Å². The third-order valence-corrected chi connectivity index (χ3v) is 4.62. The molecular formula is C20H20N4O5. The molecule has 2 amide bonds. The zero-order chi connectivity index (χ0) is 21.1. The summed E-state index contributed by atoms with van der Waals surface area (Å²) in [5.74, 6) is -1.84. The number of non-ortho nitro benzene ring substituents is 1. The predicted molar refractivity (Wildman–Crippen MR) is 107 cm³/mol. The van der Waals surface area contributed by atoms with Crippen molar-refractivity contribution in [1.29, 1.82) is 0 Å². The Morgan fingerprint density at radius 3 is 2.62 bits per heavy atom. The number of hydrogen-bond donors (Lipinski definition) is 3. The molecule has 1 unspecified atom stereocenters. The van der Waals surface area contributed by atoms with E-state index >= 15 is 0 Å². The standard InChI is InChI=1S/C20H20N4O5/c1-12-9-13(24(28)29)7-8-16(12)22-20(27)19(26)21-10-18(25)15-11-23(2)17-6-4-3-5-14(15)17/h3-9,11,18,25H,10H2,1-2H3,(H,21,26)(H,22,27). The molecule has 0 saturated heterocycles. The number of anilines is 1. The lowest BCUT2D eigenvalue weighted by atomic mass is 10.1. The van der Waals surface area contributed by atoms with Crippen molar-refractivity contribution in [3.05, 3.63) is 69.9 Å². The molecular weight excluding hydrogens is 376 g/mol. The average Bonchev–Trinajstić information content (AvgIpc) is 3.04. The lowest BCUT2D eigenvalue weighted by Gasteiger charge is -2.12. The predicted octanol–water partition coefficient (Wildman–Crippen LogP) is 2.18. The SMILES string of the molecule is Cc1cc([N+](=O)[O-])ccc1NC(=O)C(=O)NCC(O)c1cn(C)c2ccccc12. The molecule has 29 heavy (non-hydrogen) atoms. The summed E-state index contributed by atoms with van der Waals surface area (Å²) in [4.78, 5) is 34.4. The molecule has 1 heterocycles. The molecule has 3 rings (SSSR count). The first kappa shape index (κ1) is 20.0. The smallest absolute Gasteiger partial charge is 0.313 e. The summed E-state index contributed by atoms with van der Waals surface area (Å²) in [5, 5.41) is 26.9. The number of nitrogens with one attached hydrogen (secondary N) is 2. The van der Waals surface area contributed by atoms with Gasteiger partial charge in [0.05, 0.1) is 11.0 Å². The fourth-order valence-electron chi connectivity index (χ4n) is 3.10. The zero-order valence-corrected chi connectivity index (χ0v) is 15.9. The van der Waals surface area contributed by atoms with Gasteiger partial charge >= 0.3 is 11.8 Å². The van der Waals surface area contributed by atoms with E-state index in [4.69, 9.17) is 0 Å². The lowest BCUT2D eigenvalue weighted by Crippen LogP contribution is -2.37. The van der Waals surface area contributed by atoms with Gasteiger partial charge in [-0.05, 0) is 24.6 Å². The maximum Gasteiger partial charge on any atom is 0.313 e. The van der Waals surface area contributed by atoms with Crippen molar-refractivity contribution in [1.82, 2.24) is 9.88 Å². The monoisotopic (exact) mass is 396 g/mol. The van der Waals surface area contributed by atoms with Crippen molar-refractivity contribution in [3.63, 3.8) is 0 Å². The molecule has 3 aromatic rings. The average molecular weight is 396 g/mol. The molecule has 0 bridgehead atoms. The number of aliphatic hydroxyl groups excluding tert-OH is 1. The molecule has 0 aliphatic carbocycles. The van der Waals surface area contributed by atoms with Gasteiger partial charge in [0.25, 0.3) is 5.69 Å². The van der Waals surface area contributed by atoms with Crippen LogP contribution >= 0.6 is 0 Å². The first-order valence-electron chi connectivity index (χ1n) is 8.84. The van der Waals surface area contributed by atoms with E-state index in [1.807, 2.05) is 35.9 Å². The highest BCUT2D eigenvalue weighted by Crippen LogP contribution is 2.25. The number of para-hydroxylation sites is 1. The van der Waals surface area contributed by atoms with Crippen LogP contribution < -0.4 is 10.6 Å². The summed E-state index contributed by atoms with van der Waals surface area (Å²) in [5.41, 5.74) is 2.24. The van der Waals surface area contributed by atoms with Gasteiger partial charge in [-0.1, -0.05) is 18.2 Å². The van der Waals surface area contributed by atoms with Crippen molar-refractivity contribution in [2.45, 2.75) is 13.0 Å². The Morgan fingerprint density at radius 1 is 1.21 bits per heavy atom. The van der Waals surface area contributed by atoms with Crippen LogP contribution in [-0.2, 0) is 16.6 Å². The number of amides is 2. The molecule has 0 aliphatic heterocycles. The summed E-state index contributed by atoms with van der Waals surface area (Å²) < 4.78 is 1.87. The van der Waals surface area contributed by atoms with Crippen LogP contribution in [0.2, 0.25) is 0 Å². The summed E-state index contributed by atoms with van der Waals surface area (Å²) >= 11 is 0. The van der Waals surface area contributed by atoms with Crippen molar-refractivity contribution in [2.24, 2.45) is 7.05 Å². The molecule has 3 N–H and O–H groups in total. The zero-order valence-electron chi connectivity index (χ0n) is 15.9. The maximum absolute atomic E-state index is 12.1. The first-order valence-corrected chi connectivity index (χ1v) is 8.84. The van der Waals surface area contributed by atoms with Gasteiger partial charge in [0.2, 0.25) is 0 Å². The van der Waals surface area contributed by atoms with Gasteiger partial charge in [0.1, 0.15) is 0 Å². The number of rotatable bonds is 5. The van der Waals surface area contributed by atoms with E-state index in [9.17, 15) is 24.8 Å². The fraction of sp³-hybridized carbons (Fsp3) is 0.200. The van der Waals surface area contributed by atoms with Gasteiger partial charge in [-0.15, -0.1) is 0 Å². The number of aryl methyl sites for hydroxylation is 2. The topological polar surface area (TPSA) is 126 Å². The normalized spacial score (nSPS) is 11.8. The molecule has 150 valence electrons. The van der Waals surface area contributed by atoms with Crippen molar-refractivity contribution < 1.29 is 19.6 Å². The van der Waals surface area contributed by atoms with E-state index in [0.717, 1.165) is 10.9 Å². The molecule has 0 spiro atoms. The van der Waals surface area contributed by atoms with E-state index in [1.165, 1.54) is 18.2 Å². The third-order valence-electron chi connectivity index (χ3n) is 4.62. The number of nitro benzene ring substituents is 1. The van der Waals surface area contributed by atoms with E-state index in [0.29, 0.717) is 16.8 Å². The fourth-order valence-corrected chi connectivity index (χ4v) is 3.10. The first-order chi connectivity index (χ1) is 13.8. The van der Waals surface area contributed by atoms with Crippen molar-refractivity contribution in [3.8, 4) is 0 Å². The van der Waals surface area contributed by atoms with Gasteiger partial charge in [0.15, 0.2) is 0 Å². The van der Waals surface area contributed by atoms with Crippen LogP contribution in [0.5, 0.6) is 0 Å². The van der Waals surface area contributed by atoms with Crippen LogP contribution in [0.15, 0.2) is 48.7 Å². The second-order valence-corrected chi connectivity index (χ2v) is 6.65. The van der Waals surface area contributed by atoms with E-state index < -0.39 is 22.8 Å². The van der Waals surface area contributed by atoms with Gasteiger partial charge in [-0.3, -0.25) is 19.7 Å². The minimum Gasteiger partial charge on any atom is -0.386 e. The number of aromatic nitrogens is 1. The molecule has 1 atom stereocenters. The van der Waals surface area contributed by atoms with E-state index in [2.05, 4.69) is 10.6 Å². The van der Waals surface area contributed by atoms with Gasteiger partial charge in [-0.2, -0.15) is 0 Å². The molecule has 0 fully saturated rings. The molecule has 9 nitrogen and oxygen atoms in total. The Kier molecular flexibility index (Phi) is 5.60. The number of nitrogens with zero attached hydrogens (tertiary/aromatic N) is 2. The summed E-state index contributed by atoms with van der Waals surface area (Å²) in [7, 11) is 1.86. The Bertz CT molecular complexity index is 1110. The number of benzene rings is 2. The van der Waals surface area contributed by atoms with Crippen LogP contribution in [0.4, 0.5) is 11.4 Å². The van der Waals surface area contributed by atoms with Gasteiger partial charge < -0.3 is 20.3 Å². The van der Waals surface area contributed by atoms with Crippen LogP contribution in [-0.4, -0.2) is 33.0 Å². The quantitative estimate of drug-likeness (QED) is 0.346. The Balaban J connectivity index is 1.63. The molecule has 0 aliphatic rings. The Morgan fingerprint density at radius 2 is 1.93 bits per heavy atom. The van der Waals surface area contributed by atoms with Crippen molar-refractivity contribution >= 4 is 34.1 Å². The number of carbonyl (C=O) groups excluding carboxylic acids is 2. The van der Waals surface area contributed by atoms with E-state index in [-0.39, 0.29) is 12.2 Å². The summed E-state index contributed by atoms with van der Waals surface area (Å²) in [6.07, 6.45) is 0.792. The second-order valence-electron chi connectivity index (χ2n) is 6.65. The number of hydrogen-bond acceptors (Lipinski definition) is 5. The molecule has 0 saturated carbocycles. The number of aliphatic hydroxyl groups is 1. The summed E-state index contributed by atoms with van der Waals surface area (Å²) in [6, 6.07) is 11.5. The highest BCUT2D eigenvalue weighted by Gasteiger charge is 2.19. The summed E-state index contributed by atoms with van der Waals surface area (Å²) in [6.45, 7) is 1.45. The van der Waals surface area contributed by atoms with Crippen LogP contribution in [0, 0.1) is 17.0 Å². The number of fused-ring (bicyclic) bond motifs is 1. The van der Waals surface area contributed by atoms with Crippen LogP contribution in [0.25, 0.3) is 10.9 Å². The molecule has 0 radical (unpaired) electrons. The van der Waals surface area contributed by atoms with E-state index in [1.54, 1.807) is 13.1 Å². The van der Waals surface area contributed by atoms with Crippen LogP contribution in [0.3, 0.4) is 0 Å². The highest BCUT2D eigenvalue weighted by molar-refractivity contribution is 6.39. The minimum atomic E-state index is -0.987. The number of nitro groups is 1. The van der Waals surface area contributed by atoms with Gasteiger partial charge in [0, 0.05) is 54.1 Å². The third kappa shape index (κ3) is 4.25.